The van der Waals surface area contributed by atoms with Crippen LogP contribution in [0.1, 0.15) is 28.8 Å². The van der Waals surface area contributed by atoms with E-state index in [1.54, 1.807) is 24.3 Å². The number of nitrogens with one attached hydrogen (secondary N) is 1. The highest BCUT2D eigenvalue weighted by Gasteiger charge is 2.37. The quantitative estimate of drug-likeness (QED) is 0.621. The van der Waals surface area contributed by atoms with Crippen LogP contribution in [0.25, 0.3) is 0 Å². The highest BCUT2D eigenvalue weighted by Crippen LogP contribution is 2.40. The van der Waals surface area contributed by atoms with Crippen LogP contribution in [0, 0.1) is 11.8 Å². The number of amides is 1. The first kappa shape index (κ1) is 16.9. The Morgan fingerprint density at radius 1 is 1.15 bits per heavy atom. The monoisotopic (exact) mass is 366 g/mol. The minimum absolute atomic E-state index is 0.183. The third-order valence-corrected chi connectivity index (χ3v) is 5.15. The number of hydrogen-bond donors (Lipinski definition) is 1. The Labute approximate surface area is 157 Å². The van der Waals surface area contributed by atoms with Crippen LogP contribution in [0.4, 0.5) is 0 Å². The summed E-state index contributed by atoms with van der Waals surface area (Å²) in [5.74, 6) is 1.71. The molecule has 0 unspecified atom stereocenters. The number of hydrazone groups is 1. The topological polar surface area (TPSA) is 50.7 Å². The van der Waals surface area contributed by atoms with E-state index in [1.807, 2.05) is 24.3 Å². The standard InChI is InChI=1S/C21H19ClN2O2/c22-17-8-10-18(11-9-17)26-13-14-4-6-15(7-5-14)21(25)24-23-20-12-16-2-1-3-19(16)20/h1-2,4-11,16,19H,3,12-13H2,(H,24,25)/b23-20-/t16-,19-/m0/s1. The Kier molecular flexibility index (Phi) is 4.76. The zero-order valence-electron chi connectivity index (χ0n) is 14.2. The molecule has 0 aromatic heterocycles. The molecule has 1 fully saturated rings. The van der Waals surface area contributed by atoms with Crippen LogP contribution >= 0.6 is 11.6 Å². The molecule has 132 valence electrons. The van der Waals surface area contributed by atoms with Crippen molar-refractivity contribution in [2.45, 2.75) is 19.4 Å². The Morgan fingerprint density at radius 3 is 2.65 bits per heavy atom. The molecule has 0 bridgehead atoms. The summed E-state index contributed by atoms with van der Waals surface area (Å²) in [6.45, 7) is 0.432. The second kappa shape index (κ2) is 7.34. The average Bonchev–Trinajstić information content (AvgIpc) is 3.02. The van der Waals surface area contributed by atoms with Crippen molar-refractivity contribution in [1.29, 1.82) is 0 Å². The lowest BCUT2D eigenvalue weighted by molar-refractivity contribution is 0.0954. The first-order valence-electron chi connectivity index (χ1n) is 8.70. The maximum atomic E-state index is 12.2. The Morgan fingerprint density at radius 2 is 1.92 bits per heavy atom. The van der Waals surface area contributed by atoms with Crippen LogP contribution in [0.15, 0.2) is 65.8 Å². The smallest absolute Gasteiger partial charge is 0.271 e. The van der Waals surface area contributed by atoms with Crippen molar-refractivity contribution in [2.75, 3.05) is 0 Å². The number of hydrogen-bond acceptors (Lipinski definition) is 3. The molecule has 0 heterocycles. The lowest BCUT2D eigenvalue weighted by Crippen LogP contribution is -2.35. The van der Waals surface area contributed by atoms with Gasteiger partial charge in [0.25, 0.3) is 5.91 Å². The number of fused-ring (bicyclic) bond motifs is 1. The predicted octanol–water partition coefficient (Wildman–Crippen LogP) is 4.60. The van der Waals surface area contributed by atoms with Crippen molar-refractivity contribution in [2.24, 2.45) is 16.9 Å². The number of carbonyl (C=O) groups excluding carboxylic acids is 1. The average molecular weight is 367 g/mol. The van der Waals surface area contributed by atoms with Gasteiger partial charge in [0.05, 0.1) is 0 Å². The molecular formula is C21H19ClN2O2. The maximum Gasteiger partial charge on any atom is 0.271 e. The molecule has 2 aliphatic carbocycles. The van der Waals surface area contributed by atoms with E-state index >= 15 is 0 Å². The largest absolute Gasteiger partial charge is 0.489 e. The van der Waals surface area contributed by atoms with Gasteiger partial charge >= 0.3 is 0 Å². The fraction of sp³-hybridized carbons (Fsp3) is 0.238. The third-order valence-electron chi connectivity index (χ3n) is 4.90. The molecule has 2 aromatic rings. The number of benzene rings is 2. The SMILES string of the molecule is O=C(N/N=C1/C[C@@H]2C=CC[C@H]12)c1ccc(COc2ccc(Cl)cc2)cc1. The number of rotatable bonds is 5. The summed E-state index contributed by atoms with van der Waals surface area (Å²) in [4.78, 5) is 12.2. The van der Waals surface area contributed by atoms with Crippen LogP contribution in [0.5, 0.6) is 5.75 Å². The van der Waals surface area contributed by atoms with Crippen LogP contribution in [-0.4, -0.2) is 11.6 Å². The molecule has 4 nitrogen and oxygen atoms in total. The van der Waals surface area contributed by atoms with E-state index in [-0.39, 0.29) is 5.91 Å². The normalized spacial score (nSPS) is 22.0. The molecule has 2 aromatic carbocycles. The van der Waals surface area contributed by atoms with Gasteiger partial charge in [-0.05, 0) is 60.7 Å². The zero-order valence-corrected chi connectivity index (χ0v) is 14.9. The minimum Gasteiger partial charge on any atom is -0.489 e. The van der Waals surface area contributed by atoms with E-state index in [4.69, 9.17) is 16.3 Å². The molecule has 1 amide bonds. The number of ether oxygens (including phenoxy) is 1. The van der Waals surface area contributed by atoms with Gasteiger partial charge in [-0.1, -0.05) is 35.9 Å². The van der Waals surface area contributed by atoms with Crippen LogP contribution in [-0.2, 0) is 6.61 Å². The molecule has 0 saturated heterocycles. The molecule has 2 atom stereocenters. The van der Waals surface area contributed by atoms with E-state index < -0.39 is 0 Å². The van der Waals surface area contributed by atoms with Crippen LogP contribution < -0.4 is 10.2 Å². The first-order valence-corrected chi connectivity index (χ1v) is 9.07. The summed E-state index contributed by atoms with van der Waals surface area (Å²) in [6, 6.07) is 14.6. The van der Waals surface area contributed by atoms with Crippen molar-refractivity contribution in [3.63, 3.8) is 0 Å². The molecule has 1 N–H and O–H groups in total. The molecule has 5 heteroatoms. The molecule has 0 aliphatic heterocycles. The summed E-state index contributed by atoms with van der Waals surface area (Å²) in [5, 5.41) is 4.97. The highest BCUT2D eigenvalue weighted by atomic mass is 35.5. The number of allylic oxidation sites excluding steroid dienone is 2. The number of halogens is 1. The number of nitrogens with zero attached hydrogens (tertiary/aromatic N) is 1. The van der Waals surface area contributed by atoms with Crippen molar-refractivity contribution >= 4 is 23.2 Å². The zero-order chi connectivity index (χ0) is 17.9. The predicted molar refractivity (Wildman–Crippen MR) is 102 cm³/mol. The van der Waals surface area contributed by atoms with Gasteiger partial charge in [0.15, 0.2) is 0 Å². The van der Waals surface area contributed by atoms with Crippen LogP contribution in [0.2, 0.25) is 5.02 Å². The molecule has 0 radical (unpaired) electrons. The second-order valence-electron chi connectivity index (χ2n) is 6.62. The van der Waals surface area contributed by atoms with Gasteiger partial charge in [-0.15, -0.1) is 0 Å². The summed E-state index contributed by atoms with van der Waals surface area (Å²) >= 11 is 5.85. The van der Waals surface area contributed by atoms with Gasteiger partial charge in [-0.3, -0.25) is 4.79 Å². The Bertz CT molecular complexity index is 857. The lowest BCUT2D eigenvalue weighted by Gasteiger charge is -2.31. The van der Waals surface area contributed by atoms with Gasteiger partial charge in [0.2, 0.25) is 0 Å². The molecule has 1 saturated carbocycles. The van der Waals surface area contributed by atoms with Crippen LogP contribution in [0.3, 0.4) is 0 Å². The first-order chi connectivity index (χ1) is 12.7. The minimum atomic E-state index is -0.183. The summed E-state index contributed by atoms with van der Waals surface area (Å²) < 4.78 is 5.70. The molecule has 26 heavy (non-hydrogen) atoms. The van der Waals surface area contributed by atoms with Gasteiger partial charge < -0.3 is 4.74 Å². The van der Waals surface area contributed by atoms with E-state index in [0.717, 1.165) is 29.9 Å². The fourth-order valence-corrected chi connectivity index (χ4v) is 3.43. The van der Waals surface area contributed by atoms with Crippen molar-refractivity contribution in [1.82, 2.24) is 5.43 Å². The summed E-state index contributed by atoms with van der Waals surface area (Å²) in [7, 11) is 0. The molecular weight excluding hydrogens is 348 g/mol. The van der Waals surface area contributed by atoms with E-state index in [0.29, 0.717) is 29.0 Å². The van der Waals surface area contributed by atoms with Crippen molar-refractivity contribution in [3.8, 4) is 5.75 Å². The van der Waals surface area contributed by atoms with E-state index in [9.17, 15) is 4.79 Å². The Hall–Kier alpha value is -2.59. The van der Waals surface area contributed by atoms with Crippen molar-refractivity contribution in [3.05, 3.63) is 76.8 Å². The number of carbonyl (C=O) groups is 1. The fourth-order valence-electron chi connectivity index (χ4n) is 3.30. The summed E-state index contributed by atoms with van der Waals surface area (Å²) in [6.07, 6.45) is 6.45. The van der Waals surface area contributed by atoms with E-state index in [2.05, 4.69) is 22.7 Å². The summed E-state index contributed by atoms with van der Waals surface area (Å²) in [5.41, 5.74) is 5.35. The Balaban J connectivity index is 1.30. The van der Waals surface area contributed by atoms with Gasteiger partial charge in [0.1, 0.15) is 12.4 Å². The van der Waals surface area contributed by atoms with Gasteiger partial charge in [-0.25, -0.2) is 5.43 Å². The highest BCUT2D eigenvalue weighted by molar-refractivity contribution is 6.30. The van der Waals surface area contributed by atoms with Gasteiger partial charge in [-0.2, -0.15) is 5.10 Å². The lowest BCUT2D eigenvalue weighted by atomic mass is 9.74. The van der Waals surface area contributed by atoms with E-state index in [1.165, 1.54) is 0 Å². The second-order valence-corrected chi connectivity index (χ2v) is 7.06. The molecule has 4 rings (SSSR count). The molecule has 0 spiro atoms. The van der Waals surface area contributed by atoms with Gasteiger partial charge in [0, 0.05) is 22.2 Å². The maximum absolute atomic E-state index is 12.2. The van der Waals surface area contributed by atoms with Crippen molar-refractivity contribution < 1.29 is 9.53 Å². The third kappa shape index (κ3) is 3.65. The molecule has 2 aliphatic rings.